The van der Waals surface area contributed by atoms with Gasteiger partial charge in [-0.05, 0) is 48.4 Å². The first-order valence-corrected chi connectivity index (χ1v) is 6.68. The van der Waals surface area contributed by atoms with E-state index in [2.05, 4.69) is 21.2 Å². The third-order valence-electron chi connectivity index (χ3n) is 2.81. The van der Waals surface area contributed by atoms with E-state index in [1.165, 1.54) is 0 Å². The van der Waals surface area contributed by atoms with Crippen molar-refractivity contribution in [1.82, 2.24) is 5.32 Å². The predicted molar refractivity (Wildman–Crippen MR) is 78.2 cm³/mol. The van der Waals surface area contributed by atoms with E-state index in [1.54, 1.807) is 30.3 Å². The average Bonchev–Trinajstić information content (AvgIpc) is 2.41. The Morgan fingerprint density at radius 3 is 2.53 bits per heavy atom. The Morgan fingerprint density at radius 1 is 1.21 bits per heavy atom. The molecule has 0 radical (unpaired) electrons. The van der Waals surface area contributed by atoms with E-state index in [4.69, 9.17) is 0 Å². The number of hydrogen-bond donors (Lipinski definition) is 2. The summed E-state index contributed by atoms with van der Waals surface area (Å²) in [4.78, 5) is 12.0. The van der Waals surface area contributed by atoms with E-state index < -0.39 is 0 Å². The van der Waals surface area contributed by atoms with Gasteiger partial charge in [0.15, 0.2) is 0 Å². The second kappa shape index (κ2) is 5.89. The molecule has 2 N–H and O–H groups in total. The third-order valence-corrected chi connectivity index (χ3v) is 3.70. The molecule has 0 saturated heterocycles. The van der Waals surface area contributed by atoms with E-state index >= 15 is 0 Å². The highest BCUT2D eigenvalue weighted by molar-refractivity contribution is 9.10. The molecule has 2 rings (SSSR count). The zero-order valence-electron chi connectivity index (χ0n) is 10.5. The van der Waals surface area contributed by atoms with Gasteiger partial charge in [-0.25, -0.2) is 0 Å². The minimum absolute atomic E-state index is 0.108. The van der Waals surface area contributed by atoms with Crippen molar-refractivity contribution in [2.24, 2.45) is 0 Å². The van der Waals surface area contributed by atoms with Gasteiger partial charge in [-0.2, -0.15) is 0 Å². The summed E-state index contributed by atoms with van der Waals surface area (Å²) in [5.41, 5.74) is 2.61. The normalized spacial score (nSPS) is 10.2. The quantitative estimate of drug-likeness (QED) is 0.911. The number of hydrogen-bond acceptors (Lipinski definition) is 2. The lowest BCUT2D eigenvalue weighted by molar-refractivity contribution is 0.0951. The van der Waals surface area contributed by atoms with Gasteiger partial charge in [0.2, 0.25) is 0 Å². The van der Waals surface area contributed by atoms with Crippen LogP contribution in [0, 0.1) is 6.92 Å². The van der Waals surface area contributed by atoms with Crippen molar-refractivity contribution in [1.29, 1.82) is 0 Å². The number of benzene rings is 2. The van der Waals surface area contributed by atoms with Crippen LogP contribution < -0.4 is 5.32 Å². The number of carbonyl (C=O) groups is 1. The lowest BCUT2D eigenvalue weighted by atomic mass is 10.1. The summed E-state index contributed by atoms with van der Waals surface area (Å²) in [6, 6.07) is 12.3. The van der Waals surface area contributed by atoms with Crippen molar-refractivity contribution < 1.29 is 9.90 Å². The summed E-state index contributed by atoms with van der Waals surface area (Å²) in [7, 11) is 0. The van der Waals surface area contributed by atoms with Crippen LogP contribution in [0.2, 0.25) is 0 Å². The summed E-state index contributed by atoms with van der Waals surface area (Å²) in [5.74, 6) is 0.113. The van der Waals surface area contributed by atoms with Crippen LogP contribution in [-0.2, 0) is 6.54 Å². The van der Waals surface area contributed by atoms with Gasteiger partial charge in [0, 0.05) is 16.6 Å². The number of aromatic hydroxyl groups is 1. The lowest BCUT2D eigenvalue weighted by Crippen LogP contribution is -2.22. The van der Waals surface area contributed by atoms with Crippen LogP contribution in [0.1, 0.15) is 21.5 Å². The molecule has 0 heterocycles. The van der Waals surface area contributed by atoms with E-state index in [0.29, 0.717) is 12.1 Å². The van der Waals surface area contributed by atoms with Crippen LogP contribution >= 0.6 is 15.9 Å². The van der Waals surface area contributed by atoms with E-state index in [0.717, 1.165) is 15.6 Å². The summed E-state index contributed by atoms with van der Waals surface area (Å²) in [6.45, 7) is 2.38. The largest absolute Gasteiger partial charge is 0.508 e. The molecule has 0 atom stereocenters. The highest BCUT2D eigenvalue weighted by Crippen LogP contribution is 2.17. The molecule has 98 valence electrons. The molecule has 0 aromatic heterocycles. The Labute approximate surface area is 120 Å². The fourth-order valence-corrected chi connectivity index (χ4v) is 1.93. The minimum atomic E-state index is -0.108. The van der Waals surface area contributed by atoms with E-state index in [1.807, 2.05) is 19.1 Å². The molecular weight excluding hydrogens is 306 g/mol. The van der Waals surface area contributed by atoms with Gasteiger partial charge >= 0.3 is 0 Å². The van der Waals surface area contributed by atoms with Gasteiger partial charge in [-0.1, -0.05) is 28.1 Å². The van der Waals surface area contributed by atoms with Crippen molar-refractivity contribution in [3.63, 3.8) is 0 Å². The number of amides is 1. The van der Waals surface area contributed by atoms with Gasteiger partial charge < -0.3 is 10.4 Å². The summed E-state index contributed by atoms with van der Waals surface area (Å²) in [6.07, 6.45) is 0. The predicted octanol–water partition coefficient (Wildman–Crippen LogP) is 3.39. The Bertz CT molecular complexity index is 594. The number of carbonyl (C=O) groups excluding carboxylic acids is 1. The third kappa shape index (κ3) is 3.58. The van der Waals surface area contributed by atoms with E-state index in [-0.39, 0.29) is 11.7 Å². The molecule has 2 aromatic carbocycles. The Kier molecular flexibility index (Phi) is 4.22. The smallest absolute Gasteiger partial charge is 0.251 e. The standard InChI is InChI=1S/C15H14BrNO2/c1-10-8-12(4-7-14(10)16)15(19)17-9-11-2-5-13(18)6-3-11/h2-8,18H,9H2,1H3,(H,17,19). The second-order valence-electron chi connectivity index (χ2n) is 4.31. The first-order chi connectivity index (χ1) is 9.06. The van der Waals surface area contributed by atoms with Gasteiger partial charge in [0.1, 0.15) is 5.75 Å². The molecule has 0 aliphatic heterocycles. The maximum Gasteiger partial charge on any atom is 0.251 e. The molecule has 0 unspecified atom stereocenters. The Hall–Kier alpha value is -1.81. The van der Waals surface area contributed by atoms with Crippen molar-refractivity contribution >= 4 is 21.8 Å². The first-order valence-electron chi connectivity index (χ1n) is 5.88. The zero-order valence-corrected chi connectivity index (χ0v) is 12.1. The molecule has 0 spiro atoms. The van der Waals surface area contributed by atoms with Crippen LogP contribution in [0.3, 0.4) is 0 Å². The van der Waals surface area contributed by atoms with Crippen LogP contribution in [-0.4, -0.2) is 11.0 Å². The van der Waals surface area contributed by atoms with Crippen LogP contribution in [0.25, 0.3) is 0 Å². The maximum atomic E-state index is 12.0. The van der Waals surface area contributed by atoms with Crippen molar-refractivity contribution in [2.75, 3.05) is 0 Å². The molecule has 1 amide bonds. The first kappa shape index (κ1) is 13.6. The molecule has 4 heteroatoms. The molecule has 0 bridgehead atoms. The second-order valence-corrected chi connectivity index (χ2v) is 5.17. The van der Waals surface area contributed by atoms with Gasteiger partial charge in [-0.15, -0.1) is 0 Å². The van der Waals surface area contributed by atoms with Crippen LogP contribution in [0.5, 0.6) is 5.75 Å². The lowest BCUT2D eigenvalue weighted by Gasteiger charge is -2.07. The van der Waals surface area contributed by atoms with Crippen LogP contribution in [0.15, 0.2) is 46.9 Å². The molecule has 0 saturated carbocycles. The fraction of sp³-hybridized carbons (Fsp3) is 0.133. The number of halogens is 1. The highest BCUT2D eigenvalue weighted by Gasteiger charge is 2.06. The number of rotatable bonds is 3. The molecule has 0 fully saturated rings. The van der Waals surface area contributed by atoms with Gasteiger partial charge in [-0.3, -0.25) is 4.79 Å². The van der Waals surface area contributed by atoms with Crippen molar-refractivity contribution in [2.45, 2.75) is 13.5 Å². The van der Waals surface area contributed by atoms with Crippen molar-refractivity contribution in [3.8, 4) is 5.75 Å². The van der Waals surface area contributed by atoms with Gasteiger partial charge in [0.25, 0.3) is 5.91 Å². The molecule has 3 nitrogen and oxygen atoms in total. The van der Waals surface area contributed by atoms with E-state index in [9.17, 15) is 9.90 Å². The molecule has 0 aliphatic rings. The molecule has 0 aliphatic carbocycles. The van der Waals surface area contributed by atoms with Crippen LogP contribution in [0.4, 0.5) is 0 Å². The molecule has 19 heavy (non-hydrogen) atoms. The summed E-state index contributed by atoms with van der Waals surface area (Å²) >= 11 is 3.41. The number of phenols is 1. The average molecular weight is 320 g/mol. The SMILES string of the molecule is Cc1cc(C(=O)NCc2ccc(O)cc2)ccc1Br. The monoisotopic (exact) mass is 319 g/mol. The summed E-state index contributed by atoms with van der Waals surface area (Å²) in [5, 5.41) is 12.0. The topological polar surface area (TPSA) is 49.3 Å². The fourth-order valence-electron chi connectivity index (χ4n) is 1.68. The van der Waals surface area contributed by atoms with Crippen molar-refractivity contribution in [3.05, 3.63) is 63.6 Å². The highest BCUT2D eigenvalue weighted by atomic mass is 79.9. The minimum Gasteiger partial charge on any atom is -0.508 e. The number of nitrogens with one attached hydrogen (secondary N) is 1. The molecule has 2 aromatic rings. The number of phenolic OH excluding ortho intramolecular Hbond substituents is 1. The number of aryl methyl sites for hydroxylation is 1. The maximum absolute atomic E-state index is 12.0. The molecular formula is C15H14BrNO2. The summed E-state index contributed by atoms with van der Waals surface area (Å²) < 4.78 is 0.989. The Morgan fingerprint density at radius 2 is 1.89 bits per heavy atom. The zero-order chi connectivity index (χ0) is 13.8. The van der Waals surface area contributed by atoms with Gasteiger partial charge in [0.05, 0.1) is 0 Å². The Balaban J connectivity index is 2.01.